The number of ether oxygens (including phenoxy) is 3. The molecule has 0 bridgehead atoms. The van der Waals surface area contributed by atoms with Gasteiger partial charge in [0.15, 0.2) is 6.23 Å². The molecule has 1 aliphatic heterocycles. The number of rotatable bonds is 11. The summed E-state index contributed by atoms with van der Waals surface area (Å²) in [7, 11) is -7.04. The molecule has 0 aliphatic carbocycles. The average Bonchev–Trinajstić information content (AvgIpc) is 2.99. The Kier molecular flexibility index (Phi) is 8.97. The van der Waals surface area contributed by atoms with Crippen molar-refractivity contribution in [1.29, 1.82) is 0 Å². The third-order valence-electron chi connectivity index (χ3n) is 4.69. The van der Waals surface area contributed by atoms with Crippen molar-refractivity contribution in [2.24, 2.45) is 0 Å². The molecule has 0 amide bonds. The van der Waals surface area contributed by atoms with Gasteiger partial charge in [-0.1, -0.05) is 6.92 Å². The molecule has 1 aromatic heterocycles. The molecule has 5 atom stereocenters. The van der Waals surface area contributed by atoms with Gasteiger partial charge in [0.25, 0.3) is 5.56 Å². The molecule has 2 heterocycles. The summed E-state index contributed by atoms with van der Waals surface area (Å²) in [5.41, 5.74) is -1.19. The molecule has 31 heavy (non-hydrogen) atoms. The zero-order valence-corrected chi connectivity index (χ0v) is 19.2. The topological polar surface area (TPSA) is 187 Å². The molecule has 0 spiro atoms. The van der Waals surface area contributed by atoms with Crippen molar-refractivity contribution in [3.05, 3.63) is 32.6 Å². The summed E-state index contributed by atoms with van der Waals surface area (Å²) in [6, 6.07) is 0. The Balaban J connectivity index is 2.47. The van der Waals surface area contributed by atoms with Gasteiger partial charge in [0, 0.05) is 25.0 Å². The lowest BCUT2D eigenvalue weighted by molar-refractivity contribution is -0.0784. The molecule has 178 valence electrons. The molecule has 0 saturated carbocycles. The number of H-pyrrole nitrogens is 1. The van der Waals surface area contributed by atoms with Crippen LogP contribution in [0.2, 0.25) is 0 Å². The van der Waals surface area contributed by atoms with E-state index >= 15 is 0 Å². The Morgan fingerprint density at radius 1 is 1.19 bits per heavy atom. The number of aryl methyl sites for hydroxylation is 1. The van der Waals surface area contributed by atoms with E-state index < -0.39 is 57.1 Å². The predicted octanol–water partition coefficient (Wildman–Crippen LogP) is -0.0677. The van der Waals surface area contributed by atoms with Gasteiger partial charge >= 0.3 is 20.9 Å². The van der Waals surface area contributed by atoms with Crippen molar-refractivity contribution in [3.63, 3.8) is 0 Å². The van der Waals surface area contributed by atoms with Gasteiger partial charge in [-0.25, -0.2) is 4.79 Å². The highest BCUT2D eigenvalue weighted by molar-refractivity contribution is 7.52. The second-order valence-electron chi connectivity index (χ2n) is 7.07. The van der Waals surface area contributed by atoms with Crippen LogP contribution in [0.5, 0.6) is 0 Å². The molecule has 15 heteroatoms. The zero-order chi connectivity index (χ0) is 23.4. The Morgan fingerprint density at radius 2 is 1.87 bits per heavy atom. The van der Waals surface area contributed by atoms with Gasteiger partial charge < -0.3 is 28.9 Å². The largest absolute Gasteiger partial charge is 0.382 e. The highest BCUT2D eigenvalue weighted by Crippen LogP contribution is 2.49. The van der Waals surface area contributed by atoms with Gasteiger partial charge in [-0.05, 0) is 13.3 Å². The first-order valence-corrected chi connectivity index (χ1v) is 13.1. The normalized spacial score (nSPS) is 26.1. The van der Waals surface area contributed by atoms with Crippen LogP contribution >= 0.6 is 15.2 Å². The van der Waals surface area contributed by atoms with Crippen LogP contribution in [0.15, 0.2) is 15.8 Å². The maximum Gasteiger partial charge on any atom is 0.330 e. The lowest BCUT2D eigenvalue weighted by atomic mass is 10.1. The summed E-state index contributed by atoms with van der Waals surface area (Å²) in [5.74, 6) is 0. The van der Waals surface area contributed by atoms with E-state index in [-0.39, 0.29) is 31.4 Å². The number of aromatic nitrogens is 2. The van der Waals surface area contributed by atoms with Crippen molar-refractivity contribution in [2.75, 3.05) is 32.6 Å². The Bertz CT molecular complexity index is 956. The molecule has 0 aromatic carbocycles. The quantitative estimate of drug-likeness (QED) is 0.242. The fourth-order valence-electron chi connectivity index (χ4n) is 3.07. The Labute approximate surface area is 178 Å². The van der Waals surface area contributed by atoms with Crippen molar-refractivity contribution in [2.45, 2.75) is 44.8 Å². The van der Waals surface area contributed by atoms with Crippen LogP contribution in [-0.4, -0.2) is 75.2 Å². The number of methoxy groups -OCH3 is 1. The first-order valence-electron chi connectivity index (χ1n) is 9.51. The van der Waals surface area contributed by atoms with Gasteiger partial charge in [0.2, 0.25) is 0 Å². The summed E-state index contributed by atoms with van der Waals surface area (Å²) < 4.78 is 46.6. The minimum absolute atomic E-state index is 0.0189. The summed E-state index contributed by atoms with van der Waals surface area (Å²) in [6.07, 6.45) is -4.36. The molecule has 1 aliphatic rings. The SMILES string of the molecule is CCP(=O)(O)OC1C(CCP(=O)(O)O)OC(n2cc(C)c(=O)[nH]c2=O)C1OCCOC. The standard InChI is InChI=1S/C16H28N2O11P2/c1-4-31(24,25)29-12-11(5-8-30(21,22)23)28-15(13(12)27-7-6-26-3)18-9-10(2)14(19)17-16(18)20/h9,11-13,15H,4-8H2,1-3H3,(H,24,25)(H,17,19,20)(H2,21,22,23). The zero-order valence-electron chi connectivity index (χ0n) is 17.4. The monoisotopic (exact) mass is 486 g/mol. The predicted molar refractivity (Wildman–Crippen MR) is 108 cm³/mol. The number of hydrogen-bond acceptors (Lipinski definition) is 8. The summed E-state index contributed by atoms with van der Waals surface area (Å²) in [6.45, 7) is 3.09. The maximum absolute atomic E-state index is 12.4. The van der Waals surface area contributed by atoms with E-state index in [1.807, 2.05) is 0 Å². The number of hydrogen-bond donors (Lipinski definition) is 4. The van der Waals surface area contributed by atoms with Gasteiger partial charge in [-0.3, -0.25) is 28.0 Å². The molecule has 1 aromatic rings. The first kappa shape index (κ1) is 26.1. The molecule has 2 rings (SSSR count). The number of aromatic amines is 1. The van der Waals surface area contributed by atoms with Crippen molar-refractivity contribution < 1.29 is 42.5 Å². The van der Waals surface area contributed by atoms with E-state index in [1.54, 1.807) is 0 Å². The van der Waals surface area contributed by atoms with E-state index in [1.165, 1.54) is 27.2 Å². The third kappa shape index (κ3) is 7.18. The Hall–Kier alpha value is -1.14. The molecule has 5 unspecified atom stereocenters. The van der Waals surface area contributed by atoms with E-state index in [2.05, 4.69) is 4.98 Å². The second-order valence-corrected chi connectivity index (χ2v) is 11.0. The van der Waals surface area contributed by atoms with Crippen LogP contribution < -0.4 is 11.2 Å². The maximum atomic E-state index is 12.4. The van der Waals surface area contributed by atoms with Gasteiger partial charge in [-0.15, -0.1) is 0 Å². The lowest BCUT2D eigenvalue weighted by Gasteiger charge is -2.26. The van der Waals surface area contributed by atoms with Crippen LogP contribution in [0.25, 0.3) is 0 Å². The molecule has 1 saturated heterocycles. The van der Waals surface area contributed by atoms with Gasteiger partial charge in [-0.2, -0.15) is 0 Å². The summed E-state index contributed by atoms with van der Waals surface area (Å²) in [5, 5.41) is 0. The highest BCUT2D eigenvalue weighted by atomic mass is 31.2. The average molecular weight is 486 g/mol. The third-order valence-corrected chi connectivity index (χ3v) is 6.91. The minimum atomic E-state index is -4.41. The highest BCUT2D eigenvalue weighted by Gasteiger charge is 2.50. The van der Waals surface area contributed by atoms with Gasteiger partial charge in [0.05, 0.1) is 25.5 Å². The van der Waals surface area contributed by atoms with E-state index in [4.69, 9.17) is 18.7 Å². The molecule has 1 fully saturated rings. The van der Waals surface area contributed by atoms with Crippen molar-refractivity contribution in [3.8, 4) is 0 Å². The smallest absolute Gasteiger partial charge is 0.330 e. The van der Waals surface area contributed by atoms with Gasteiger partial charge in [0.1, 0.15) is 12.2 Å². The number of nitrogens with one attached hydrogen (secondary N) is 1. The van der Waals surface area contributed by atoms with Crippen molar-refractivity contribution in [1.82, 2.24) is 9.55 Å². The molecular formula is C16H28N2O11P2. The van der Waals surface area contributed by atoms with Crippen molar-refractivity contribution >= 4 is 15.2 Å². The summed E-state index contributed by atoms with van der Waals surface area (Å²) in [4.78, 5) is 54.8. The lowest BCUT2D eigenvalue weighted by Crippen LogP contribution is -2.41. The molecule has 0 radical (unpaired) electrons. The van der Waals surface area contributed by atoms with Crippen LogP contribution in [0.4, 0.5) is 0 Å². The van der Waals surface area contributed by atoms with Crippen LogP contribution in [0.3, 0.4) is 0 Å². The molecule has 4 N–H and O–H groups in total. The van der Waals surface area contributed by atoms with Crippen LogP contribution in [-0.2, 0) is 27.9 Å². The minimum Gasteiger partial charge on any atom is -0.382 e. The fraction of sp³-hybridized carbons (Fsp3) is 0.750. The number of nitrogens with zero attached hydrogens (tertiary/aromatic N) is 1. The summed E-state index contributed by atoms with van der Waals surface area (Å²) >= 11 is 0. The molecular weight excluding hydrogens is 458 g/mol. The van der Waals surface area contributed by atoms with E-state index in [0.717, 1.165) is 4.57 Å². The Morgan fingerprint density at radius 3 is 2.45 bits per heavy atom. The van der Waals surface area contributed by atoms with E-state index in [0.29, 0.717) is 0 Å². The van der Waals surface area contributed by atoms with Crippen LogP contribution in [0, 0.1) is 6.92 Å². The fourth-order valence-corrected chi connectivity index (χ4v) is 4.45. The molecule has 13 nitrogen and oxygen atoms in total. The second kappa shape index (κ2) is 10.7. The van der Waals surface area contributed by atoms with E-state index in [9.17, 15) is 33.4 Å². The van der Waals surface area contributed by atoms with Crippen LogP contribution in [0.1, 0.15) is 25.1 Å². The first-order chi connectivity index (χ1) is 14.4.